The second-order valence-electron chi connectivity index (χ2n) is 5.19. The van der Waals surface area contributed by atoms with Gasteiger partial charge in [-0.25, -0.2) is 9.78 Å². The number of carboxylic acid groups (broad SMARTS) is 1. The molecular formula is C13H21N5O5S. The molecule has 0 aliphatic rings. The van der Waals surface area contributed by atoms with Gasteiger partial charge < -0.3 is 31.6 Å². The summed E-state index contributed by atoms with van der Waals surface area (Å²) in [5, 5.41) is 23.0. The fraction of sp³-hybridized carbons (Fsp3) is 0.538. The second kappa shape index (κ2) is 9.25. The summed E-state index contributed by atoms with van der Waals surface area (Å²) in [6.07, 6.45) is 1.81. The van der Waals surface area contributed by atoms with Crippen molar-refractivity contribution in [3.05, 3.63) is 18.2 Å². The Hall–Kier alpha value is -2.11. The molecule has 0 unspecified atom stereocenters. The average molecular weight is 359 g/mol. The number of aromatic amines is 1. The lowest BCUT2D eigenvalue weighted by Crippen LogP contribution is -2.57. The topological polar surface area (TPSA) is 170 Å². The number of thiol groups is 1. The number of imidazole rings is 1. The van der Waals surface area contributed by atoms with Crippen molar-refractivity contribution in [2.75, 3.05) is 5.75 Å². The summed E-state index contributed by atoms with van der Waals surface area (Å²) in [7, 11) is 0. The number of hydrogen-bond acceptors (Lipinski definition) is 7. The molecule has 0 spiro atoms. The number of nitrogens with one attached hydrogen (secondary N) is 3. The van der Waals surface area contributed by atoms with Crippen molar-refractivity contribution in [1.82, 2.24) is 20.6 Å². The SMILES string of the molecule is C[C@@H](O)[C@H](N)C(=O)N[C@@H](Cc1cnc[nH]1)C(=O)N[C@@H](CS)C(=O)O. The van der Waals surface area contributed by atoms with Crippen molar-refractivity contribution in [2.24, 2.45) is 5.73 Å². The molecular weight excluding hydrogens is 338 g/mol. The van der Waals surface area contributed by atoms with Crippen molar-refractivity contribution in [3.8, 4) is 0 Å². The van der Waals surface area contributed by atoms with Gasteiger partial charge in [0.1, 0.15) is 18.1 Å². The van der Waals surface area contributed by atoms with Crippen LogP contribution in [0.15, 0.2) is 12.5 Å². The predicted molar refractivity (Wildman–Crippen MR) is 87.3 cm³/mol. The van der Waals surface area contributed by atoms with Crippen molar-refractivity contribution in [2.45, 2.75) is 37.6 Å². The van der Waals surface area contributed by atoms with Crippen LogP contribution in [0, 0.1) is 0 Å². The maximum Gasteiger partial charge on any atom is 0.327 e. The van der Waals surface area contributed by atoms with Crippen molar-refractivity contribution >= 4 is 30.4 Å². The van der Waals surface area contributed by atoms with E-state index in [2.05, 4.69) is 33.2 Å². The van der Waals surface area contributed by atoms with Crippen LogP contribution in [0.1, 0.15) is 12.6 Å². The summed E-state index contributed by atoms with van der Waals surface area (Å²) < 4.78 is 0. The molecule has 0 radical (unpaired) electrons. The highest BCUT2D eigenvalue weighted by Gasteiger charge is 2.29. The smallest absolute Gasteiger partial charge is 0.327 e. The maximum atomic E-state index is 12.3. The third kappa shape index (κ3) is 5.83. The highest BCUT2D eigenvalue weighted by atomic mass is 32.1. The number of H-pyrrole nitrogens is 1. The first-order valence-electron chi connectivity index (χ1n) is 7.11. The van der Waals surface area contributed by atoms with Crippen LogP contribution in [0.5, 0.6) is 0 Å². The number of hydrogen-bond donors (Lipinski definition) is 7. The molecule has 0 saturated carbocycles. The van der Waals surface area contributed by atoms with Crippen LogP contribution in [0.25, 0.3) is 0 Å². The van der Waals surface area contributed by atoms with Crippen LogP contribution in [-0.4, -0.2) is 67.9 Å². The Morgan fingerprint density at radius 2 is 1.96 bits per heavy atom. The zero-order valence-electron chi connectivity index (χ0n) is 13.0. The lowest BCUT2D eigenvalue weighted by molar-refractivity contribution is -0.141. The Morgan fingerprint density at radius 3 is 2.42 bits per heavy atom. The monoisotopic (exact) mass is 359 g/mol. The quantitative estimate of drug-likeness (QED) is 0.242. The molecule has 0 bridgehead atoms. The Balaban J connectivity index is 2.86. The fourth-order valence-corrected chi connectivity index (χ4v) is 2.02. The van der Waals surface area contributed by atoms with Gasteiger partial charge in [0, 0.05) is 24.1 Å². The lowest BCUT2D eigenvalue weighted by Gasteiger charge is -2.22. The number of carboxylic acids is 1. The van der Waals surface area contributed by atoms with E-state index in [1.54, 1.807) is 0 Å². The molecule has 1 heterocycles. The second-order valence-corrected chi connectivity index (χ2v) is 5.56. The van der Waals surface area contributed by atoms with Gasteiger partial charge in [0.2, 0.25) is 11.8 Å². The number of nitrogens with two attached hydrogens (primary N) is 1. The zero-order valence-corrected chi connectivity index (χ0v) is 13.9. The first kappa shape index (κ1) is 19.9. The van der Waals surface area contributed by atoms with Gasteiger partial charge in [-0.15, -0.1) is 0 Å². The highest BCUT2D eigenvalue weighted by molar-refractivity contribution is 7.80. The molecule has 1 rings (SSSR count). The minimum Gasteiger partial charge on any atom is -0.480 e. The number of aliphatic hydroxyl groups excluding tert-OH is 1. The van der Waals surface area contributed by atoms with Gasteiger partial charge in [-0.1, -0.05) is 0 Å². The van der Waals surface area contributed by atoms with E-state index in [9.17, 15) is 19.5 Å². The molecule has 24 heavy (non-hydrogen) atoms. The van der Waals surface area contributed by atoms with E-state index in [4.69, 9.17) is 10.8 Å². The van der Waals surface area contributed by atoms with Gasteiger partial charge in [0.15, 0.2) is 0 Å². The summed E-state index contributed by atoms with van der Waals surface area (Å²) in [5.41, 5.74) is 6.09. The van der Waals surface area contributed by atoms with E-state index in [0.29, 0.717) is 5.69 Å². The standard InChI is InChI=1S/C13H21N5O5S/c1-6(19)10(14)12(21)17-8(2-7-3-15-5-16-7)11(20)18-9(4-24)13(22)23/h3,5-6,8-10,19,24H,2,4,14H2,1H3,(H,15,16)(H,17,21)(H,18,20)(H,22,23)/t6-,8+,9+,10+/m1/s1. The van der Waals surface area contributed by atoms with E-state index in [1.807, 2.05) is 0 Å². The largest absolute Gasteiger partial charge is 0.480 e. The number of aliphatic carboxylic acids is 1. The number of rotatable bonds is 9. The van der Waals surface area contributed by atoms with Gasteiger partial charge in [0.25, 0.3) is 0 Å². The maximum absolute atomic E-state index is 12.3. The van der Waals surface area contributed by atoms with Gasteiger partial charge in [-0.3, -0.25) is 9.59 Å². The molecule has 4 atom stereocenters. The average Bonchev–Trinajstić information content (AvgIpc) is 3.03. The van der Waals surface area contributed by atoms with Crippen LogP contribution in [0.2, 0.25) is 0 Å². The molecule has 0 aliphatic carbocycles. The molecule has 10 nitrogen and oxygen atoms in total. The summed E-state index contributed by atoms with van der Waals surface area (Å²) in [6, 6.07) is -3.51. The molecule has 2 amide bonds. The van der Waals surface area contributed by atoms with Crippen LogP contribution >= 0.6 is 12.6 Å². The Morgan fingerprint density at radius 1 is 1.33 bits per heavy atom. The molecule has 0 aliphatic heterocycles. The zero-order chi connectivity index (χ0) is 18.3. The van der Waals surface area contributed by atoms with Crippen LogP contribution in [0.4, 0.5) is 0 Å². The van der Waals surface area contributed by atoms with E-state index in [1.165, 1.54) is 19.4 Å². The van der Waals surface area contributed by atoms with Crippen molar-refractivity contribution in [1.29, 1.82) is 0 Å². The first-order chi connectivity index (χ1) is 11.3. The van der Waals surface area contributed by atoms with Gasteiger partial charge in [-0.2, -0.15) is 12.6 Å². The predicted octanol–water partition coefficient (Wildman–Crippen LogP) is -2.36. The number of aliphatic hydroxyl groups is 1. The molecule has 1 aromatic rings. The minimum absolute atomic E-state index is 0.0447. The molecule has 11 heteroatoms. The number of carbonyl (C=O) groups excluding carboxylic acids is 2. The molecule has 134 valence electrons. The summed E-state index contributed by atoms with van der Waals surface area (Å²) in [6.45, 7) is 1.34. The summed E-state index contributed by atoms with van der Waals surface area (Å²) in [5.74, 6) is -2.80. The van der Waals surface area contributed by atoms with Gasteiger partial charge in [0.05, 0.1) is 12.4 Å². The molecule has 7 N–H and O–H groups in total. The number of nitrogens with zero attached hydrogens (tertiary/aromatic N) is 1. The molecule has 0 saturated heterocycles. The van der Waals surface area contributed by atoms with Gasteiger partial charge >= 0.3 is 5.97 Å². The summed E-state index contributed by atoms with van der Waals surface area (Å²) >= 11 is 3.86. The molecule has 0 fully saturated rings. The van der Waals surface area contributed by atoms with Crippen LogP contribution in [0.3, 0.4) is 0 Å². The Labute approximate surface area is 143 Å². The van der Waals surface area contributed by atoms with Crippen LogP contribution < -0.4 is 16.4 Å². The fourth-order valence-electron chi connectivity index (χ4n) is 1.77. The number of amides is 2. The number of aromatic nitrogens is 2. The summed E-state index contributed by atoms with van der Waals surface area (Å²) in [4.78, 5) is 41.9. The normalized spacial score (nSPS) is 15.8. The molecule has 0 aromatic carbocycles. The van der Waals surface area contributed by atoms with E-state index in [0.717, 1.165) is 0 Å². The molecule has 1 aromatic heterocycles. The van der Waals surface area contributed by atoms with E-state index in [-0.39, 0.29) is 12.2 Å². The third-order valence-electron chi connectivity index (χ3n) is 3.23. The lowest BCUT2D eigenvalue weighted by atomic mass is 10.1. The third-order valence-corrected chi connectivity index (χ3v) is 3.60. The minimum atomic E-state index is -1.24. The van der Waals surface area contributed by atoms with Gasteiger partial charge in [-0.05, 0) is 6.92 Å². The van der Waals surface area contributed by atoms with Crippen LogP contribution in [-0.2, 0) is 20.8 Å². The van der Waals surface area contributed by atoms with Crippen molar-refractivity contribution in [3.63, 3.8) is 0 Å². The highest BCUT2D eigenvalue weighted by Crippen LogP contribution is 2.02. The van der Waals surface area contributed by atoms with Crippen molar-refractivity contribution < 1.29 is 24.6 Å². The first-order valence-corrected chi connectivity index (χ1v) is 7.74. The van der Waals surface area contributed by atoms with E-state index >= 15 is 0 Å². The van der Waals surface area contributed by atoms with E-state index < -0.39 is 42.0 Å². The Bertz CT molecular complexity index is 565. The number of carbonyl (C=O) groups is 3. The Kier molecular flexibility index (Phi) is 7.68.